The number of aromatic amines is 1. The molecule has 25 heavy (non-hydrogen) atoms. The highest BCUT2D eigenvalue weighted by Crippen LogP contribution is 2.39. The summed E-state index contributed by atoms with van der Waals surface area (Å²) in [5.41, 5.74) is 1.03. The van der Waals surface area contributed by atoms with E-state index >= 15 is 0 Å². The quantitative estimate of drug-likeness (QED) is 0.495. The molecule has 2 aliphatic heterocycles. The monoisotopic (exact) mass is 357 g/mol. The van der Waals surface area contributed by atoms with Crippen LogP contribution in [0.25, 0.3) is 0 Å². The van der Waals surface area contributed by atoms with Gasteiger partial charge >= 0.3 is 0 Å². The topological polar surface area (TPSA) is 93.3 Å². The number of carbonyl (C=O) groups excluding carboxylic acids is 1. The zero-order chi connectivity index (χ0) is 17.4. The van der Waals surface area contributed by atoms with Crippen LogP contribution in [0.4, 0.5) is 5.82 Å². The number of anilines is 1. The van der Waals surface area contributed by atoms with Crippen molar-refractivity contribution in [2.75, 3.05) is 17.9 Å². The van der Waals surface area contributed by atoms with Gasteiger partial charge in [-0.3, -0.25) is 9.59 Å². The van der Waals surface area contributed by atoms with E-state index in [1.807, 2.05) is 12.1 Å². The number of ether oxygens (including phenoxy) is 2. The lowest BCUT2D eigenvalue weighted by Crippen LogP contribution is -2.31. The molecule has 2 aliphatic rings. The number of H-pyrrole nitrogens is 1. The van der Waals surface area contributed by atoms with Crippen molar-refractivity contribution in [2.24, 2.45) is 0 Å². The van der Waals surface area contributed by atoms with Crippen LogP contribution in [0.2, 0.25) is 0 Å². The maximum absolute atomic E-state index is 12.6. The molecule has 128 valence electrons. The molecule has 1 amide bonds. The predicted octanol–water partition coefficient (Wildman–Crippen LogP) is 2.25. The highest BCUT2D eigenvalue weighted by Gasteiger charge is 2.32. The average Bonchev–Trinajstić information content (AvgIpc) is 3.06. The number of amides is 1. The van der Waals surface area contributed by atoms with Crippen molar-refractivity contribution < 1.29 is 14.3 Å². The lowest BCUT2D eigenvalue weighted by Gasteiger charge is -2.24. The van der Waals surface area contributed by atoms with Crippen LogP contribution in [-0.4, -0.2) is 28.4 Å². The van der Waals surface area contributed by atoms with Gasteiger partial charge in [0.15, 0.2) is 16.7 Å². The Labute approximate surface area is 147 Å². The second-order valence-electron chi connectivity index (χ2n) is 5.65. The van der Waals surface area contributed by atoms with Crippen LogP contribution in [0, 0.1) is 0 Å². The van der Waals surface area contributed by atoms with Crippen LogP contribution in [0.15, 0.2) is 40.8 Å². The van der Waals surface area contributed by atoms with Gasteiger partial charge in [0.1, 0.15) is 5.82 Å². The van der Waals surface area contributed by atoms with Crippen LogP contribution >= 0.6 is 11.8 Å². The molecule has 0 aliphatic carbocycles. The average molecular weight is 357 g/mol. The summed E-state index contributed by atoms with van der Waals surface area (Å²) in [6, 6.07) is 5.45. The van der Waals surface area contributed by atoms with Gasteiger partial charge < -0.3 is 19.8 Å². The van der Waals surface area contributed by atoms with Gasteiger partial charge in [0, 0.05) is 18.1 Å². The molecule has 4 rings (SSSR count). The first kappa shape index (κ1) is 15.8. The minimum Gasteiger partial charge on any atom is -0.454 e. The first-order valence-electron chi connectivity index (χ1n) is 7.73. The van der Waals surface area contributed by atoms with Gasteiger partial charge in [0.05, 0.1) is 5.56 Å². The maximum Gasteiger partial charge on any atom is 0.257 e. The number of aromatic nitrogens is 2. The number of carbonyl (C=O) groups is 1. The molecular formula is C17H15N3O4S. The van der Waals surface area contributed by atoms with Crippen LogP contribution in [0.5, 0.6) is 11.5 Å². The summed E-state index contributed by atoms with van der Waals surface area (Å²) in [6.07, 6.45) is 1.90. The fraction of sp³-hybridized carbons (Fsp3) is 0.235. The third-order valence-corrected chi connectivity index (χ3v) is 4.94. The summed E-state index contributed by atoms with van der Waals surface area (Å²) in [7, 11) is 0. The lowest BCUT2D eigenvalue weighted by atomic mass is 9.86. The van der Waals surface area contributed by atoms with Crippen LogP contribution in [-0.2, 0) is 4.79 Å². The molecule has 7 nitrogen and oxygen atoms in total. The van der Waals surface area contributed by atoms with E-state index < -0.39 is 0 Å². The number of fused-ring (bicyclic) bond motifs is 2. The van der Waals surface area contributed by atoms with Gasteiger partial charge in [-0.1, -0.05) is 23.9 Å². The molecule has 1 aromatic carbocycles. The van der Waals surface area contributed by atoms with E-state index in [4.69, 9.17) is 9.47 Å². The molecule has 0 saturated carbocycles. The first-order valence-corrected chi connectivity index (χ1v) is 8.71. The first-order chi connectivity index (χ1) is 12.2. The molecule has 2 N–H and O–H groups in total. The highest BCUT2D eigenvalue weighted by molar-refractivity contribution is 7.99. The molecule has 3 heterocycles. The summed E-state index contributed by atoms with van der Waals surface area (Å²) < 4.78 is 10.7. The fourth-order valence-electron chi connectivity index (χ4n) is 2.97. The van der Waals surface area contributed by atoms with Gasteiger partial charge in [0.2, 0.25) is 12.7 Å². The van der Waals surface area contributed by atoms with Crippen molar-refractivity contribution in [2.45, 2.75) is 17.5 Å². The van der Waals surface area contributed by atoms with Gasteiger partial charge in [-0.15, -0.1) is 6.58 Å². The Hall–Kier alpha value is -2.74. The van der Waals surface area contributed by atoms with Crippen molar-refractivity contribution in [3.8, 4) is 11.5 Å². The number of benzene rings is 1. The molecule has 1 aromatic heterocycles. The zero-order valence-corrected chi connectivity index (χ0v) is 14.0. The van der Waals surface area contributed by atoms with E-state index in [1.165, 1.54) is 11.8 Å². The van der Waals surface area contributed by atoms with Gasteiger partial charge in [0.25, 0.3) is 5.56 Å². The number of thioether (sulfide) groups is 1. The standard InChI is InChI=1S/C17H15N3O4S/c1-2-5-25-17-19-15-14(16(22)20-17)10(7-13(21)18-15)9-3-4-11-12(6-9)24-8-23-11/h2-4,6,10H,1,5,7-8H2,(H2,18,19,20,21,22)/t10-/m1/s1. The summed E-state index contributed by atoms with van der Waals surface area (Å²) in [4.78, 5) is 31.9. The van der Waals surface area contributed by atoms with E-state index in [2.05, 4.69) is 21.9 Å². The van der Waals surface area contributed by atoms with Gasteiger partial charge in [-0.25, -0.2) is 4.98 Å². The third-order valence-electron chi connectivity index (χ3n) is 4.07. The van der Waals surface area contributed by atoms with Crippen LogP contribution in [0.3, 0.4) is 0 Å². The number of hydrogen-bond donors (Lipinski definition) is 2. The molecular weight excluding hydrogens is 342 g/mol. The lowest BCUT2D eigenvalue weighted by molar-refractivity contribution is -0.116. The zero-order valence-electron chi connectivity index (χ0n) is 13.2. The summed E-state index contributed by atoms with van der Waals surface area (Å²) in [5.74, 6) is 1.65. The Morgan fingerprint density at radius 3 is 3.00 bits per heavy atom. The molecule has 0 radical (unpaired) electrons. The Morgan fingerprint density at radius 1 is 1.32 bits per heavy atom. The van der Waals surface area contributed by atoms with E-state index in [-0.39, 0.29) is 30.6 Å². The second-order valence-corrected chi connectivity index (χ2v) is 6.66. The van der Waals surface area contributed by atoms with Crippen molar-refractivity contribution in [1.29, 1.82) is 0 Å². The van der Waals surface area contributed by atoms with E-state index in [0.29, 0.717) is 33.8 Å². The third kappa shape index (κ3) is 2.89. The Balaban J connectivity index is 1.77. The predicted molar refractivity (Wildman–Crippen MR) is 93.4 cm³/mol. The van der Waals surface area contributed by atoms with Crippen molar-refractivity contribution in [3.05, 3.63) is 52.3 Å². The maximum atomic E-state index is 12.6. The second kappa shape index (κ2) is 6.29. The number of nitrogens with zero attached hydrogens (tertiary/aromatic N) is 1. The minimum atomic E-state index is -0.382. The normalized spacial score (nSPS) is 17.8. The molecule has 0 bridgehead atoms. The van der Waals surface area contributed by atoms with E-state index in [0.717, 1.165) is 5.56 Å². The highest BCUT2D eigenvalue weighted by atomic mass is 32.2. The molecule has 8 heteroatoms. The van der Waals surface area contributed by atoms with Gasteiger partial charge in [-0.05, 0) is 17.7 Å². The molecule has 0 fully saturated rings. The Kier molecular flexibility index (Phi) is 3.96. The van der Waals surface area contributed by atoms with Gasteiger partial charge in [-0.2, -0.15) is 0 Å². The van der Waals surface area contributed by atoms with Crippen molar-refractivity contribution in [1.82, 2.24) is 9.97 Å². The smallest absolute Gasteiger partial charge is 0.257 e. The van der Waals surface area contributed by atoms with E-state index in [9.17, 15) is 9.59 Å². The molecule has 0 unspecified atom stereocenters. The summed E-state index contributed by atoms with van der Waals surface area (Å²) in [6.45, 7) is 3.82. The van der Waals surface area contributed by atoms with Crippen LogP contribution < -0.4 is 20.3 Å². The van der Waals surface area contributed by atoms with Crippen LogP contribution in [0.1, 0.15) is 23.5 Å². The SMILES string of the molecule is C=CCSc1nc2c(c(=O)[nH]1)[C@@H](c1ccc3c(c1)OCO3)CC(=O)N2. The van der Waals surface area contributed by atoms with E-state index in [1.54, 1.807) is 12.1 Å². The minimum absolute atomic E-state index is 0.173. The molecule has 1 atom stereocenters. The van der Waals surface area contributed by atoms with Crippen molar-refractivity contribution in [3.63, 3.8) is 0 Å². The Morgan fingerprint density at radius 2 is 2.16 bits per heavy atom. The Bertz CT molecular complexity index is 925. The molecule has 0 saturated heterocycles. The summed E-state index contributed by atoms with van der Waals surface area (Å²) >= 11 is 1.35. The number of nitrogens with one attached hydrogen (secondary N) is 2. The number of hydrogen-bond acceptors (Lipinski definition) is 6. The largest absolute Gasteiger partial charge is 0.454 e. The molecule has 2 aromatic rings. The van der Waals surface area contributed by atoms with Crippen molar-refractivity contribution >= 4 is 23.5 Å². The summed E-state index contributed by atoms with van der Waals surface area (Å²) in [5, 5.41) is 3.16. The molecule has 0 spiro atoms. The fourth-order valence-corrected chi connectivity index (χ4v) is 3.57. The number of rotatable bonds is 4.